The van der Waals surface area contributed by atoms with Crippen LogP contribution < -0.4 is 0 Å². The van der Waals surface area contributed by atoms with E-state index in [1.54, 1.807) is 0 Å². The molecule has 0 unspecified atom stereocenters. The lowest BCUT2D eigenvalue weighted by Crippen LogP contribution is -1.97. The molecule has 5 aromatic heterocycles. The largest absolute Gasteiger partial charge is 0.309 e. The number of nitrogens with zero attached hydrogens (tertiary/aromatic N) is 7. The smallest absolute Gasteiger partial charge is 0.160 e. The monoisotopic (exact) mass is 1590 g/mol. The number of rotatable bonds is 15. The number of pyridine rings is 2. The van der Waals surface area contributed by atoms with Gasteiger partial charge in [0.25, 0.3) is 0 Å². The van der Waals surface area contributed by atoms with Gasteiger partial charge in [0.1, 0.15) is 0 Å². The first-order chi connectivity index (χ1) is 61.9. The van der Waals surface area contributed by atoms with Crippen LogP contribution in [-0.2, 0) is 0 Å². The van der Waals surface area contributed by atoms with E-state index in [1.807, 2.05) is 30.3 Å². The molecule has 23 aromatic rings. The number of hydrogen-bond acceptors (Lipinski definition) is 6. The highest BCUT2D eigenvalue weighted by atomic mass is 15.0. The Bertz CT molecular complexity index is 7820. The van der Waals surface area contributed by atoms with Crippen molar-refractivity contribution in [2.24, 2.45) is 0 Å². The highest BCUT2D eigenvalue weighted by molar-refractivity contribution is 6.19. The molecule has 0 saturated carbocycles. The van der Waals surface area contributed by atoms with Gasteiger partial charge in [-0.15, -0.1) is 0 Å². The van der Waals surface area contributed by atoms with Crippen LogP contribution in [0.25, 0.3) is 228 Å². The van der Waals surface area contributed by atoms with Gasteiger partial charge in [0.2, 0.25) is 0 Å². The van der Waals surface area contributed by atoms with Gasteiger partial charge in [-0.3, -0.25) is 0 Å². The second-order valence-electron chi connectivity index (χ2n) is 31.6. The van der Waals surface area contributed by atoms with Gasteiger partial charge in [-0.25, -0.2) is 29.9 Å². The summed E-state index contributed by atoms with van der Waals surface area (Å²) in [6.45, 7) is 0. The minimum atomic E-state index is 0.684. The van der Waals surface area contributed by atoms with Crippen molar-refractivity contribution in [3.63, 3.8) is 0 Å². The van der Waals surface area contributed by atoms with Crippen molar-refractivity contribution in [2.75, 3.05) is 0 Å². The lowest BCUT2D eigenvalue weighted by atomic mass is 9.92. The maximum Gasteiger partial charge on any atom is 0.160 e. The van der Waals surface area contributed by atoms with Gasteiger partial charge in [0, 0.05) is 93.3 Å². The van der Waals surface area contributed by atoms with E-state index in [4.69, 9.17) is 29.9 Å². The Morgan fingerprint density at radius 3 is 0.832 bits per heavy atom. The Morgan fingerprint density at radius 2 is 0.424 bits per heavy atom. The Kier molecular flexibility index (Phi) is 19.5. The molecule has 0 aliphatic rings. The molecule has 0 aliphatic heterocycles. The van der Waals surface area contributed by atoms with Gasteiger partial charge >= 0.3 is 0 Å². The Morgan fingerprint density at radius 1 is 0.152 bits per heavy atom. The van der Waals surface area contributed by atoms with Gasteiger partial charge in [-0.2, -0.15) is 0 Å². The quantitative estimate of drug-likeness (QED) is 0.0951. The zero-order valence-electron chi connectivity index (χ0n) is 68.1. The highest BCUT2D eigenvalue weighted by Crippen LogP contribution is 2.44. The van der Waals surface area contributed by atoms with Gasteiger partial charge in [-0.05, 0) is 140 Å². The molecule has 5 heterocycles. The van der Waals surface area contributed by atoms with Crippen molar-refractivity contribution in [1.82, 2.24) is 34.5 Å². The first kappa shape index (κ1) is 74.5. The number of benzene rings is 18. The van der Waals surface area contributed by atoms with Gasteiger partial charge < -0.3 is 4.57 Å². The van der Waals surface area contributed by atoms with Crippen molar-refractivity contribution >= 4 is 65.2 Å². The lowest BCUT2D eigenvalue weighted by molar-refractivity contribution is 1.17. The van der Waals surface area contributed by atoms with Gasteiger partial charge in [-0.1, -0.05) is 394 Å². The summed E-state index contributed by atoms with van der Waals surface area (Å²) in [5, 5.41) is 9.51. The van der Waals surface area contributed by atoms with Crippen LogP contribution in [0.5, 0.6) is 0 Å². The second kappa shape index (κ2) is 32.8. The van der Waals surface area contributed by atoms with Crippen molar-refractivity contribution < 1.29 is 0 Å². The molecule has 18 aromatic carbocycles. The van der Waals surface area contributed by atoms with E-state index < -0.39 is 0 Å². The molecule has 7 heteroatoms. The van der Waals surface area contributed by atoms with E-state index in [0.29, 0.717) is 11.6 Å². The Labute approximate surface area is 724 Å². The normalized spacial score (nSPS) is 11.4. The topological polar surface area (TPSA) is 82.3 Å². The molecule has 7 nitrogen and oxygen atoms in total. The van der Waals surface area contributed by atoms with Gasteiger partial charge in [0.15, 0.2) is 11.6 Å². The molecule has 0 bridgehead atoms. The molecule has 0 saturated heterocycles. The van der Waals surface area contributed by atoms with Crippen molar-refractivity contribution in [1.29, 1.82) is 0 Å². The first-order valence-electron chi connectivity index (χ1n) is 42.4. The average molecular weight is 1590 g/mol. The van der Waals surface area contributed by atoms with E-state index in [2.05, 4.69) is 441 Å². The maximum absolute atomic E-state index is 5.27. The molecule has 125 heavy (non-hydrogen) atoms. The van der Waals surface area contributed by atoms with Crippen LogP contribution in [0.3, 0.4) is 0 Å². The second-order valence-corrected chi connectivity index (χ2v) is 31.6. The summed E-state index contributed by atoms with van der Waals surface area (Å²) in [5.74, 6) is 1.38. The predicted octanol–water partition coefficient (Wildman–Crippen LogP) is 30.8. The van der Waals surface area contributed by atoms with Crippen LogP contribution in [0.2, 0.25) is 0 Å². The molecule has 0 radical (unpaired) electrons. The number of aromatic nitrogens is 7. The molecule has 0 fully saturated rings. The van der Waals surface area contributed by atoms with Crippen molar-refractivity contribution in [2.45, 2.75) is 0 Å². The standard InChI is InChI=1S/C59H38N4.C59H39N3/c1-3-15-42(16-4-1)58-51-25-14-24-47(57(51)50-23-7-10-26-52(50)60-58)40-31-29-39(30-32-40)44-19-13-20-45(37-44)54-38-53(61-59(62-54)43-17-5-2-6-18-43)41-33-35-46(36-34-41)63-55-27-11-8-21-48(55)49-22-9-12-28-56(49)63;1-4-16-40(17-5-1)45-22-12-25-48(36-45)55-39-56(62-59(61-55)50-27-14-24-47(38-50)41-18-6-2-7-19-41)49-26-13-23-46(37-49)42-32-34-43(35-33-42)51-29-15-30-53-57(51)52-28-10-11-31-54(52)60-58(53)44-20-8-3-9-21-44/h1-38H;1-39H. The zero-order chi connectivity index (χ0) is 82.9. The summed E-state index contributed by atoms with van der Waals surface area (Å²) in [5.41, 5.74) is 33.0. The van der Waals surface area contributed by atoms with E-state index in [9.17, 15) is 0 Å². The molecule has 23 rings (SSSR count). The maximum atomic E-state index is 5.27. The SMILES string of the molecule is c1ccc(-c2cccc(-c3cc(-c4cccc(-c5ccc(-c6cccc7c(-c8ccccc8)nc8ccccc8c67)cc5)c4)nc(-c4cccc(-c5ccccc5)c4)n3)c2)cc1.c1ccc(-c2nc(-c3ccc(-n4c5ccccc5c5ccccc54)cc3)cc(-c3cccc(-c4ccc(-c5cccc6c(-c7ccccc7)nc7ccccc7c56)cc4)c3)n2)cc1. The van der Waals surface area contributed by atoms with Gasteiger partial charge in [0.05, 0.1) is 56.2 Å². The zero-order valence-corrected chi connectivity index (χ0v) is 68.1. The average Bonchev–Trinajstić information content (AvgIpc) is 1.67. The third-order valence-electron chi connectivity index (χ3n) is 23.9. The van der Waals surface area contributed by atoms with E-state index in [0.717, 1.165) is 167 Å². The lowest BCUT2D eigenvalue weighted by Gasteiger charge is -2.15. The summed E-state index contributed by atoms with van der Waals surface area (Å²) < 4.78 is 2.34. The molecule has 584 valence electrons. The highest BCUT2D eigenvalue weighted by Gasteiger charge is 2.21. The minimum Gasteiger partial charge on any atom is -0.309 e. The van der Waals surface area contributed by atoms with Crippen LogP contribution in [0.4, 0.5) is 0 Å². The number of hydrogen-bond donors (Lipinski definition) is 0. The third kappa shape index (κ3) is 14.6. The first-order valence-corrected chi connectivity index (χ1v) is 42.4. The van der Waals surface area contributed by atoms with E-state index >= 15 is 0 Å². The summed E-state index contributed by atoms with van der Waals surface area (Å²) >= 11 is 0. The Hall–Kier alpha value is -16.7. The summed E-state index contributed by atoms with van der Waals surface area (Å²) in [7, 11) is 0. The molecular formula is C118H77N7. The predicted molar refractivity (Wildman–Crippen MR) is 520 cm³/mol. The van der Waals surface area contributed by atoms with Crippen LogP contribution in [0.1, 0.15) is 0 Å². The Balaban J connectivity index is 0.000000148. The summed E-state index contributed by atoms with van der Waals surface area (Å²) in [6.07, 6.45) is 0. The number of para-hydroxylation sites is 4. The van der Waals surface area contributed by atoms with Crippen molar-refractivity contribution in [3.05, 3.63) is 467 Å². The fourth-order valence-electron chi connectivity index (χ4n) is 17.8. The summed E-state index contributed by atoms with van der Waals surface area (Å²) in [4.78, 5) is 31.2. The molecular weight excluding hydrogens is 1520 g/mol. The van der Waals surface area contributed by atoms with Crippen LogP contribution >= 0.6 is 0 Å². The van der Waals surface area contributed by atoms with Crippen LogP contribution in [-0.4, -0.2) is 34.5 Å². The van der Waals surface area contributed by atoms with Crippen LogP contribution in [0, 0.1) is 0 Å². The molecule has 0 atom stereocenters. The third-order valence-corrected chi connectivity index (χ3v) is 23.9. The molecule has 0 amide bonds. The van der Waals surface area contributed by atoms with E-state index in [1.165, 1.54) is 49.3 Å². The molecule has 0 spiro atoms. The van der Waals surface area contributed by atoms with E-state index in [-0.39, 0.29) is 0 Å². The minimum absolute atomic E-state index is 0.684. The fourth-order valence-corrected chi connectivity index (χ4v) is 17.8. The fraction of sp³-hybridized carbons (Fsp3) is 0. The van der Waals surface area contributed by atoms with Crippen LogP contribution in [0.15, 0.2) is 467 Å². The van der Waals surface area contributed by atoms with Crippen molar-refractivity contribution in [3.8, 4) is 163 Å². The molecule has 0 aliphatic carbocycles. The summed E-state index contributed by atoms with van der Waals surface area (Å²) in [6, 6.07) is 165. The number of fused-ring (bicyclic) bond motifs is 9. The molecule has 0 N–H and O–H groups in total.